The van der Waals surface area contributed by atoms with Crippen LogP contribution in [-0.4, -0.2) is 47.9 Å². The van der Waals surface area contributed by atoms with Gasteiger partial charge in [-0.05, 0) is 36.8 Å². The summed E-state index contributed by atoms with van der Waals surface area (Å²) in [5.41, 5.74) is 2.84. The van der Waals surface area contributed by atoms with E-state index in [-0.39, 0.29) is 42.6 Å². The number of hydrogen-bond acceptors (Lipinski definition) is 5. The van der Waals surface area contributed by atoms with Crippen LogP contribution in [-0.2, 0) is 11.2 Å². The lowest BCUT2D eigenvalue weighted by atomic mass is 9.97. The van der Waals surface area contributed by atoms with Gasteiger partial charge in [0, 0.05) is 54.5 Å². The molecule has 8 heteroatoms. The first kappa shape index (κ1) is 22.0. The van der Waals surface area contributed by atoms with Crippen molar-refractivity contribution in [3.8, 4) is 22.6 Å². The molecule has 0 saturated carbocycles. The zero-order valence-electron chi connectivity index (χ0n) is 18.5. The Morgan fingerprint density at radius 2 is 1.91 bits per heavy atom. The van der Waals surface area contributed by atoms with Crippen LogP contribution < -0.4 is 9.47 Å². The number of rotatable bonds is 5. The summed E-state index contributed by atoms with van der Waals surface area (Å²) in [5, 5.41) is 0. The Labute approximate surface area is 195 Å². The highest BCUT2D eigenvalue weighted by atomic mass is 19.1. The molecule has 5 rings (SSSR count). The number of hydrogen-bond donors (Lipinski definition) is 0. The third-order valence-corrected chi connectivity index (χ3v) is 6.05. The van der Waals surface area contributed by atoms with Crippen LogP contribution in [0.3, 0.4) is 0 Å². The number of amides is 1. The molecule has 0 N–H and O–H groups in total. The van der Waals surface area contributed by atoms with Crippen LogP contribution in [0.15, 0.2) is 48.7 Å². The van der Waals surface area contributed by atoms with E-state index in [1.165, 1.54) is 17.0 Å². The summed E-state index contributed by atoms with van der Waals surface area (Å²) >= 11 is 0. The molecule has 1 aromatic heterocycles. The van der Waals surface area contributed by atoms with E-state index in [1.54, 1.807) is 18.3 Å². The van der Waals surface area contributed by atoms with Crippen molar-refractivity contribution in [2.45, 2.75) is 13.3 Å². The fraction of sp³-hybridized carbons (Fsp3) is 0.269. The molecule has 1 amide bonds. The number of halogens is 2. The third kappa shape index (κ3) is 4.35. The van der Waals surface area contributed by atoms with Crippen molar-refractivity contribution in [2.75, 3.05) is 26.3 Å². The lowest BCUT2D eigenvalue weighted by Gasteiger charge is -2.39. The SMILES string of the molecule is Cc1ccc(-c2ccc(OCC3CN(C(=O)c4cc5c(cc4F)OCC(=O)C5)C3)c(F)c2)cn1. The molecular weight excluding hydrogens is 442 g/mol. The smallest absolute Gasteiger partial charge is 0.256 e. The van der Waals surface area contributed by atoms with Gasteiger partial charge in [-0.2, -0.15) is 0 Å². The second-order valence-corrected chi connectivity index (χ2v) is 8.66. The fourth-order valence-electron chi connectivity index (χ4n) is 4.11. The summed E-state index contributed by atoms with van der Waals surface area (Å²) in [6, 6.07) is 11.1. The summed E-state index contributed by atoms with van der Waals surface area (Å²) in [5.74, 6) is -1.27. The third-order valence-electron chi connectivity index (χ3n) is 6.05. The van der Waals surface area contributed by atoms with E-state index in [1.807, 2.05) is 19.1 Å². The zero-order chi connectivity index (χ0) is 23.8. The van der Waals surface area contributed by atoms with Crippen LogP contribution in [0.1, 0.15) is 21.6 Å². The van der Waals surface area contributed by atoms with Gasteiger partial charge in [0.05, 0.1) is 12.2 Å². The maximum Gasteiger partial charge on any atom is 0.256 e. The molecule has 0 spiro atoms. The monoisotopic (exact) mass is 464 g/mol. The van der Waals surface area contributed by atoms with Crippen LogP contribution in [0.4, 0.5) is 8.78 Å². The van der Waals surface area contributed by atoms with E-state index in [2.05, 4.69) is 4.98 Å². The van der Waals surface area contributed by atoms with Crippen molar-refractivity contribution >= 4 is 11.7 Å². The molecule has 3 aromatic rings. The van der Waals surface area contributed by atoms with Crippen LogP contribution in [0.25, 0.3) is 11.1 Å². The minimum Gasteiger partial charge on any atom is -0.490 e. The largest absolute Gasteiger partial charge is 0.490 e. The molecule has 3 heterocycles. The molecule has 2 aliphatic heterocycles. The number of likely N-dealkylation sites (tertiary alicyclic amines) is 1. The van der Waals surface area contributed by atoms with Crippen LogP contribution in [0.2, 0.25) is 0 Å². The van der Waals surface area contributed by atoms with Crippen molar-refractivity contribution in [1.29, 1.82) is 0 Å². The lowest BCUT2D eigenvalue weighted by molar-refractivity contribution is -0.121. The highest BCUT2D eigenvalue weighted by Crippen LogP contribution is 2.30. The molecule has 0 atom stereocenters. The predicted molar refractivity (Wildman–Crippen MR) is 120 cm³/mol. The Morgan fingerprint density at radius 1 is 1.12 bits per heavy atom. The molecule has 2 aliphatic rings. The standard InChI is InChI=1S/C26H22F2N2O4/c1-15-2-3-18(10-29-15)17-4-5-24(23(28)8-17)33-13-16-11-30(12-16)26(32)21-7-19-6-20(31)14-34-25(19)9-22(21)27/h2-5,7-10,16H,6,11-14H2,1H3. The zero-order valence-corrected chi connectivity index (χ0v) is 18.5. The Kier molecular flexibility index (Phi) is 5.73. The van der Waals surface area contributed by atoms with Gasteiger partial charge in [-0.25, -0.2) is 8.78 Å². The average Bonchev–Trinajstić information content (AvgIpc) is 2.79. The van der Waals surface area contributed by atoms with Crippen LogP contribution in [0, 0.1) is 24.5 Å². The van der Waals surface area contributed by atoms with Gasteiger partial charge >= 0.3 is 0 Å². The van der Waals surface area contributed by atoms with Gasteiger partial charge in [0.25, 0.3) is 5.91 Å². The van der Waals surface area contributed by atoms with E-state index in [4.69, 9.17) is 9.47 Å². The second-order valence-electron chi connectivity index (χ2n) is 8.66. The topological polar surface area (TPSA) is 68.7 Å². The Morgan fingerprint density at radius 3 is 2.65 bits per heavy atom. The van der Waals surface area contributed by atoms with Gasteiger partial charge in [-0.15, -0.1) is 0 Å². The Balaban J connectivity index is 1.17. The Hall–Kier alpha value is -3.81. The van der Waals surface area contributed by atoms with E-state index in [0.29, 0.717) is 30.0 Å². The molecular formula is C26H22F2N2O4. The van der Waals surface area contributed by atoms with Gasteiger partial charge < -0.3 is 14.4 Å². The number of pyridine rings is 1. The summed E-state index contributed by atoms with van der Waals surface area (Å²) in [7, 11) is 0. The fourth-order valence-corrected chi connectivity index (χ4v) is 4.11. The van der Waals surface area contributed by atoms with Crippen molar-refractivity contribution in [2.24, 2.45) is 5.92 Å². The molecule has 0 bridgehead atoms. The van der Waals surface area contributed by atoms with E-state index >= 15 is 0 Å². The van der Waals surface area contributed by atoms with Gasteiger partial charge in [0.15, 0.2) is 17.3 Å². The minimum atomic E-state index is -0.677. The second kappa shape index (κ2) is 8.85. The van der Waals surface area contributed by atoms with Crippen LogP contribution >= 0.6 is 0 Å². The van der Waals surface area contributed by atoms with Crippen molar-refractivity contribution in [3.05, 3.63) is 77.1 Å². The number of benzene rings is 2. The number of ether oxygens (including phenoxy) is 2. The number of nitrogens with zero attached hydrogens (tertiary/aromatic N) is 2. The molecule has 1 fully saturated rings. The molecule has 2 aromatic carbocycles. The minimum absolute atomic E-state index is 0.00919. The first-order valence-electron chi connectivity index (χ1n) is 11.0. The maximum absolute atomic E-state index is 14.5. The highest BCUT2D eigenvalue weighted by molar-refractivity contribution is 5.96. The molecule has 0 aliphatic carbocycles. The highest BCUT2D eigenvalue weighted by Gasteiger charge is 2.34. The first-order valence-corrected chi connectivity index (χ1v) is 11.0. The van der Waals surface area contributed by atoms with Gasteiger partial charge in [0.1, 0.15) is 18.2 Å². The number of aryl methyl sites for hydroxylation is 1. The van der Waals surface area contributed by atoms with Crippen molar-refractivity contribution < 1.29 is 27.8 Å². The van der Waals surface area contributed by atoms with E-state index < -0.39 is 17.5 Å². The van der Waals surface area contributed by atoms with Gasteiger partial charge in [-0.1, -0.05) is 12.1 Å². The van der Waals surface area contributed by atoms with E-state index in [0.717, 1.165) is 17.3 Å². The average molecular weight is 464 g/mol. The van der Waals surface area contributed by atoms with Crippen molar-refractivity contribution in [3.63, 3.8) is 0 Å². The normalized spacial score (nSPS) is 15.4. The summed E-state index contributed by atoms with van der Waals surface area (Å²) in [6.45, 7) is 2.79. The molecule has 0 unspecified atom stereocenters. The van der Waals surface area contributed by atoms with Gasteiger partial charge in [-0.3, -0.25) is 14.6 Å². The number of Topliss-reactive ketones (excluding diaryl/α,β-unsaturated/α-hetero) is 1. The maximum atomic E-state index is 14.5. The van der Waals surface area contributed by atoms with E-state index in [9.17, 15) is 18.4 Å². The lowest BCUT2D eigenvalue weighted by Crippen LogP contribution is -2.52. The number of carbonyl (C=O) groups excluding carboxylic acids is 2. The van der Waals surface area contributed by atoms with Crippen LogP contribution in [0.5, 0.6) is 11.5 Å². The molecule has 34 heavy (non-hydrogen) atoms. The number of carbonyl (C=O) groups is 2. The number of fused-ring (bicyclic) bond motifs is 1. The Bertz CT molecular complexity index is 1270. The molecule has 174 valence electrons. The molecule has 1 saturated heterocycles. The summed E-state index contributed by atoms with van der Waals surface area (Å²) < 4.78 is 39.8. The predicted octanol–water partition coefficient (Wildman–Crippen LogP) is 3.99. The molecule has 0 radical (unpaired) electrons. The number of ketones is 1. The van der Waals surface area contributed by atoms with Crippen molar-refractivity contribution in [1.82, 2.24) is 9.88 Å². The molecule has 6 nitrogen and oxygen atoms in total. The quantitative estimate of drug-likeness (QED) is 0.571. The summed E-state index contributed by atoms with van der Waals surface area (Å²) in [6.07, 6.45) is 1.82. The summed E-state index contributed by atoms with van der Waals surface area (Å²) in [4.78, 5) is 30.1. The van der Waals surface area contributed by atoms with Gasteiger partial charge in [0.2, 0.25) is 0 Å². The first-order chi connectivity index (χ1) is 16.4. The number of aromatic nitrogens is 1.